The summed E-state index contributed by atoms with van der Waals surface area (Å²) in [6.07, 6.45) is 1.73. The molecule has 0 amide bonds. The third-order valence-electron chi connectivity index (χ3n) is 3.24. The molecule has 0 saturated heterocycles. The van der Waals surface area contributed by atoms with E-state index >= 15 is 0 Å². The SMILES string of the molecule is COc1ccc(F)cc1N(C)c1cc2cccnc2[nH]1. The van der Waals surface area contributed by atoms with Gasteiger partial charge in [-0.05, 0) is 30.3 Å². The fraction of sp³-hybridized carbons (Fsp3) is 0.133. The fourth-order valence-corrected chi connectivity index (χ4v) is 2.18. The van der Waals surface area contributed by atoms with Gasteiger partial charge in [0.25, 0.3) is 0 Å². The molecule has 0 aliphatic heterocycles. The number of halogens is 1. The number of nitrogens with zero attached hydrogens (tertiary/aromatic N) is 2. The Morgan fingerprint density at radius 1 is 1.25 bits per heavy atom. The Morgan fingerprint density at radius 2 is 2.10 bits per heavy atom. The van der Waals surface area contributed by atoms with Gasteiger partial charge in [-0.2, -0.15) is 0 Å². The molecule has 20 heavy (non-hydrogen) atoms. The third kappa shape index (κ3) is 2.07. The van der Waals surface area contributed by atoms with E-state index in [4.69, 9.17) is 4.74 Å². The van der Waals surface area contributed by atoms with Crippen molar-refractivity contribution in [2.24, 2.45) is 0 Å². The minimum Gasteiger partial charge on any atom is -0.495 e. The summed E-state index contributed by atoms with van der Waals surface area (Å²) in [7, 11) is 3.42. The van der Waals surface area contributed by atoms with Crippen LogP contribution in [-0.2, 0) is 0 Å². The quantitative estimate of drug-likeness (QED) is 0.793. The zero-order valence-electron chi connectivity index (χ0n) is 11.2. The lowest BCUT2D eigenvalue weighted by molar-refractivity contribution is 0.414. The van der Waals surface area contributed by atoms with Gasteiger partial charge in [-0.3, -0.25) is 0 Å². The van der Waals surface area contributed by atoms with Gasteiger partial charge in [0, 0.05) is 24.7 Å². The lowest BCUT2D eigenvalue weighted by Gasteiger charge is -2.20. The average Bonchev–Trinajstić information content (AvgIpc) is 2.90. The molecule has 0 saturated carbocycles. The van der Waals surface area contributed by atoms with E-state index < -0.39 is 0 Å². The predicted molar refractivity (Wildman–Crippen MR) is 77.1 cm³/mol. The Hall–Kier alpha value is -2.56. The molecule has 5 heteroatoms. The molecule has 3 aromatic rings. The zero-order valence-corrected chi connectivity index (χ0v) is 11.2. The summed E-state index contributed by atoms with van der Waals surface area (Å²) in [6, 6.07) is 10.2. The van der Waals surface area contributed by atoms with E-state index in [-0.39, 0.29) is 5.82 Å². The van der Waals surface area contributed by atoms with Crippen LogP contribution in [0.2, 0.25) is 0 Å². The zero-order chi connectivity index (χ0) is 14.1. The Morgan fingerprint density at radius 3 is 2.85 bits per heavy atom. The number of methoxy groups -OCH3 is 1. The van der Waals surface area contributed by atoms with Gasteiger partial charge in [-0.25, -0.2) is 9.37 Å². The molecule has 0 fully saturated rings. The molecule has 0 unspecified atom stereocenters. The first-order chi connectivity index (χ1) is 9.69. The van der Waals surface area contributed by atoms with Crippen LogP contribution in [-0.4, -0.2) is 24.1 Å². The monoisotopic (exact) mass is 271 g/mol. The number of benzene rings is 1. The van der Waals surface area contributed by atoms with Gasteiger partial charge in [0.2, 0.25) is 0 Å². The second-order valence-electron chi connectivity index (χ2n) is 4.47. The van der Waals surface area contributed by atoms with Gasteiger partial charge >= 0.3 is 0 Å². The number of ether oxygens (including phenoxy) is 1. The Kier molecular flexibility index (Phi) is 3.02. The Bertz CT molecular complexity index is 721. The van der Waals surface area contributed by atoms with Crippen LogP contribution in [0.25, 0.3) is 11.0 Å². The van der Waals surface area contributed by atoms with E-state index in [1.54, 1.807) is 19.4 Å². The van der Waals surface area contributed by atoms with Crippen LogP contribution >= 0.6 is 0 Å². The third-order valence-corrected chi connectivity index (χ3v) is 3.24. The van der Waals surface area contributed by atoms with Crippen molar-refractivity contribution in [1.82, 2.24) is 9.97 Å². The number of nitrogens with one attached hydrogen (secondary N) is 1. The molecule has 102 valence electrons. The van der Waals surface area contributed by atoms with E-state index in [0.29, 0.717) is 11.4 Å². The summed E-state index contributed by atoms with van der Waals surface area (Å²) in [5.74, 6) is 1.13. The van der Waals surface area contributed by atoms with Crippen LogP contribution in [0.3, 0.4) is 0 Å². The smallest absolute Gasteiger partial charge is 0.142 e. The van der Waals surface area contributed by atoms with Crippen molar-refractivity contribution in [2.45, 2.75) is 0 Å². The fourth-order valence-electron chi connectivity index (χ4n) is 2.18. The first kappa shape index (κ1) is 12.5. The average molecular weight is 271 g/mol. The summed E-state index contributed by atoms with van der Waals surface area (Å²) in [4.78, 5) is 9.29. The number of H-pyrrole nitrogens is 1. The number of anilines is 2. The van der Waals surface area contributed by atoms with Gasteiger partial charge in [0.15, 0.2) is 0 Å². The molecular weight excluding hydrogens is 257 g/mol. The van der Waals surface area contributed by atoms with E-state index in [1.165, 1.54) is 12.1 Å². The van der Waals surface area contributed by atoms with Crippen LogP contribution in [0.15, 0.2) is 42.6 Å². The Balaban J connectivity index is 2.07. The van der Waals surface area contributed by atoms with Crippen LogP contribution < -0.4 is 9.64 Å². The molecule has 2 aromatic heterocycles. The molecule has 3 rings (SSSR count). The second-order valence-corrected chi connectivity index (χ2v) is 4.47. The lowest BCUT2D eigenvalue weighted by atomic mass is 10.2. The number of pyridine rings is 1. The highest BCUT2D eigenvalue weighted by molar-refractivity contribution is 5.82. The minimum atomic E-state index is -0.304. The van der Waals surface area contributed by atoms with E-state index in [2.05, 4.69) is 9.97 Å². The largest absolute Gasteiger partial charge is 0.495 e. The van der Waals surface area contributed by atoms with Crippen molar-refractivity contribution in [1.29, 1.82) is 0 Å². The summed E-state index contributed by atoms with van der Waals surface area (Å²) < 4.78 is 18.7. The van der Waals surface area contributed by atoms with E-state index in [9.17, 15) is 4.39 Å². The summed E-state index contributed by atoms with van der Waals surface area (Å²) in [6.45, 7) is 0. The molecule has 0 aliphatic rings. The van der Waals surface area contributed by atoms with Crippen molar-refractivity contribution in [3.63, 3.8) is 0 Å². The Labute approximate surface area is 115 Å². The van der Waals surface area contributed by atoms with Crippen molar-refractivity contribution in [3.05, 3.63) is 48.4 Å². The number of fused-ring (bicyclic) bond motifs is 1. The standard InChI is InChI=1S/C15H14FN3O/c1-19(12-9-11(16)5-6-13(12)20-2)14-8-10-4-3-7-17-15(10)18-14/h3-9H,1-2H3,(H,17,18). The molecule has 0 spiro atoms. The molecule has 1 aromatic carbocycles. The number of aromatic nitrogens is 2. The maximum absolute atomic E-state index is 13.5. The maximum Gasteiger partial charge on any atom is 0.142 e. The molecule has 0 bridgehead atoms. The van der Waals surface area contributed by atoms with Crippen LogP contribution in [0.5, 0.6) is 5.75 Å². The van der Waals surface area contributed by atoms with Gasteiger partial charge in [0.05, 0.1) is 12.8 Å². The van der Waals surface area contributed by atoms with Gasteiger partial charge < -0.3 is 14.6 Å². The number of hydrogen-bond donors (Lipinski definition) is 1. The predicted octanol–water partition coefficient (Wildman–Crippen LogP) is 3.48. The van der Waals surface area contributed by atoms with Gasteiger partial charge in [-0.1, -0.05) is 0 Å². The van der Waals surface area contributed by atoms with Crippen molar-refractivity contribution in [3.8, 4) is 5.75 Å². The van der Waals surface area contributed by atoms with Crippen LogP contribution in [0.4, 0.5) is 15.9 Å². The second kappa shape index (κ2) is 4.85. The normalized spacial score (nSPS) is 10.8. The van der Waals surface area contributed by atoms with Crippen LogP contribution in [0.1, 0.15) is 0 Å². The highest BCUT2D eigenvalue weighted by atomic mass is 19.1. The van der Waals surface area contributed by atoms with Crippen LogP contribution in [0, 0.1) is 5.82 Å². The van der Waals surface area contributed by atoms with Crippen molar-refractivity contribution >= 4 is 22.5 Å². The highest BCUT2D eigenvalue weighted by Gasteiger charge is 2.13. The number of rotatable bonds is 3. The lowest BCUT2D eigenvalue weighted by Crippen LogP contribution is -2.11. The molecule has 1 N–H and O–H groups in total. The molecule has 4 nitrogen and oxygen atoms in total. The highest BCUT2D eigenvalue weighted by Crippen LogP contribution is 2.33. The number of aromatic amines is 1. The van der Waals surface area contributed by atoms with E-state index in [1.807, 2.05) is 30.1 Å². The minimum absolute atomic E-state index is 0.304. The van der Waals surface area contributed by atoms with Gasteiger partial charge in [0.1, 0.15) is 23.0 Å². The topological polar surface area (TPSA) is 41.1 Å². The van der Waals surface area contributed by atoms with E-state index in [0.717, 1.165) is 16.9 Å². The first-order valence-electron chi connectivity index (χ1n) is 6.20. The molecule has 0 atom stereocenters. The summed E-state index contributed by atoms with van der Waals surface area (Å²) >= 11 is 0. The summed E-state index contributed by atoms with van der Waals surface area (Å²) in [5, 5.41) is 1.00. The molecule has 2 heterocycles. The molecule has 0 radical (unpaired) electrons. The maximum atomic E-state index is 13.5. The molecular formula is C15H14FN3O. The van der Waals surface area contributed by atoms with Crippen molar-refractivity contribution in [2.75, 3.05) is 19.1 Å². The number of hydrogen-bond acceptors (Lipinski definition) is 3. The first-order valence-corrected chi connectivity index (χ1v) is 6.20. The van der Waals surface area contributed by atoms with Crippen molar-refractivity contribution < 1.29 is 9.13 Å². The van der Waals surface area contributed by atoms with Gasteiger partial charge in [-0.15, -0.1) is 0 Å². The molecule has 0 aliphatic carbocycles. The summed E-state index contributed by atoms with van der Waals surface area (Å²) in [5.41, 5.74) is 1.45.